The number of fused-ring (bicyclic) bond motifs is 8. The maximum atomic E-state index is 2.54. The molecule has 0 atom stereocenters. The summed E-state index contributed by atoms with van der Waals surface area (Å²) in [5.74, 6) is 0. The molecule has 2 nitrogen and oxygen atoms in total. The zero-order valence-corrected chi connectivity index (χ0v) is 37.7. The summed E-state index contributed by atoms with van der Waals surface area (Å²) in [5.41, 5.74) is 24.4. The molecule has 308 valence electrons. The van der Waals surface area contributed by atoms with Crippen molar-refractivity contribution in [2.24, 2.45) is 0 Å². The first-order valence-electron chi connectivity index (χ1n) is 22.8. The first-order chi connectivity index (χ1) is 29.7. The highest BCUT2D eigenvalue weighted by atomic mass is 15.2. The van der Waals surface area contributed by atoms with Crippen LogP contribution < -0.4 is 9.80 Å². The molecule has 4 aliphatic rings. The second-order valence-electron chi connectivity index (χ2n) is 20.8. The number of hydrogen-bond acceptors (Lipinski definition) is 2. The van der Waals surface area contributed by atoms with Gasteiger partial charge in [0.2, 0.25) is 0 Å². The standard InChI is InChI=1S/C60H58N2/c1-57(2)31-33-61(55-15-11-9-13-49(55)57)43-24-21-41(22-25-43)42-23-29-47-45-27-19-39(35-51(45)59(5,6)53(47)37-42)17-18-40-20-28-46-48-30-26-44(38-54(48)60(7,8)52(46)36-40)62-34-32-58(3,4)50-14-10-12-16-56(50)62/h9-30,35-38H,31-34H2,1-8H3/b18-17+. The molecule has 0 radical (unpaired) electrons. The minimum absolute atomic E-state index is 0.0969. The molecule has 2 aliphatic heterocycles. The minimum atomic E-state index is -0.108. The van der Waals surface area contributed by atoms with Gasteiger partial charge in [-0.1, -0.05) is 171 Å². The molecule has 0 aromatic heterocycles. The van der Waals surface area contributed by atoms with E-state index in [1.165, 1.54) is 101 Å². The highest BCUT2D eigenvalue weighted by Gasteiger charge is 2.39. The average Bonchev–Trinajstić information content (AvgIpc) is 3.64. The third-order valence-electron chi connectivity index (χ3n) is 15.4. The molecule has 11 rings (SSSR count). The molecule has 2 aliphatic carbocycles. The van der Waals surface area contributed by atoms with E-state index < -0.39 is 0 Å². The predicted octanol–water partition coefficient (Wildman–Crippen LogP) is 15.8. The maximum absolute atomic E-state index is 2.54. The number of anilines is 4. The first-order valence-corrected chi connectivity index (χ1v) is 22.8. The van der Waals surface area contributed by atoms with Crippen molar-refractivity contribution in [1.29, 1.82) is 0 Å². The predicted molar refractivity (Wildman–Crippen MR) is 265 cm³/mol. The SMILES string of the molecule is CC1(C)CCN(c2ccc(-c3ccc4c(c3)C(C)(C)c3cc(/C=C/c5ccc6c(c5)C(C)(C)c5cc(N7CCC(C)(C)c8ccccc87)ccc5-6)ccc3-4)cc2)c2ccccc21. The average molecular weight is 807 g/mol. The van der Waals surface area contributed by atoms with Crippen LogP contribution >= 0.6 is 0 Å². The highest BCUT2D eigenvalue weighted by Crippen LogP contribution is 2.53. The Morgan fingerprint density at radius 1 is 0.371 bits per heavy atom. The van der Waals surface area contributed by atoms with Crippen molar-refractivity contribution in [3.63, 3.8) is 0 Å². The zero-order valence-electron chi connectivity index (χ0n) is 37.7. The fraction of sp³-hybridized carbons (Fsp3) is 0.267. The van der Waals surface area contributed by atoms with Gasteiger partial charge in [-0.15, -0.1) is 0 Å². The minimum Gasteiger partial charge on any atom is -0.341 e. The summed E-state index contributed by atoms with van der Waals surface area (Å²) in [6.07, 6.45) is 6.89. The summed E-state index contributed by atoms with van der Waals surface area (Å²) >= 11 is 0. The van der Waals surface area contributed by atoms with Crippen molar-refractivity contribution < 1.29 is 0 Å². The van der Waals surface area contributed by atoms with Gasteiger partial charge in [0.25, 0.3) is 0 Å². The Labute approximate surface area is 369 Å². The molecule has 7 aromatic rings. The van der Waals surface area contributed by atoms with E-state index in [1.807, 2.05) is 0 Å². The van der Waals surface area contributed by atoms with Gasteiger partial charge in [-0.05, 0) is 144 Å². The van der Waals surface area contributed by atoms with Crippen LogP contribution in [0.1, 0.15) is 113 Å². The second kappa shape index (κ2) is 13.7. The van der Waals surface area contributed by atoms with Crippen molar-refractivity contribution in [3.05, 3.63) is 190 Å². The molecule has 0 saturated heterocycles. The van der Waals surface area contributed by atoms with Crippen molar-refractivity contribution in [3.8, 4) is 33.4 Å². The molecule has 0 N–H and O–H groups in total. The van der Waals surface area contributed by atoms with E-state index in [4.69, 9.17) is 0 Å². The Morgan fingerprint density at radius 3 is 1.31 bits per heavy atom. The molecule has 7 aromatic carbocycles. The normalized spacial score (nSPS) is 18.1. The molecule has 0 unspecified atom stereocenters. The Hall–Kier alpha value is -6.12. The van der Waals surface area contributed by atoms with E-state index >= 15 is 0 Å². The van der Waals surface area contributed by atoms with Crippen LogP contribution in [0, 0.1) is 0 Å². The molecule has 62 heavy (non-hydrogen) atoms. The van der Waals surface area contributed by atoms with Crippen LogP contribution in [0.3, 0.4) is 0 Å². The van der Waals surface area contributed by atoms with Crippen molar-refractivity contribution in [1.82, 2.24) is 0 Å². The Balaban J connectivity index is 0.832. The zero-order chi connectivity index (χ0) is 42.8. The molecule has 2 heteroatoms. The van der Waals surface area contributed by atoms with Crippen LogP contribution in [-0.2, 0) is 21.7 Å². The summed E-state index contributed by atoms with van der Waals surface area (Å²) in [6.45, 7) is 21.2. The van der Waals surface area contributed by atoms with Crippen LogP contribution in [-0.4, -0.2) is 13.1 Å². The van der Waals surface area contributed by atoms with Gasteiger partial charge >= 0.3 is 0 Å². The number of benzene rings is 7. The number of para-hydroxylation sites is 2. The van der Waals surface area contributed by atoms with Gasteiger partial charge in [0.05, 0.1) is 0 Å². The lowest BCUT2D eigenvalue weighted by atomic mass is 9.77. The fourth-order valence-corrected chi connectivity index (χ4v) is 11.5. The molecule has 2 heterocycles. The van der Waals surface area contributed by atoms with Crippen LogP contribution in [0.5, 0.6) is 0 Å². The Kier molecular flexibility index (Phi) is 8.56. The van der Waals surface area contributed by atoms with Gasteiger partial charge in [-0.25, -0.2) is 0 Å². The monoisotopic (exact) mass is 806 g/mol. The van der Waals surface area contributed by atoms with Crippen LogP contribution in [0.2, 0.25) is 0 Å². The van der Waals surface area contributed by atoms with E-state index in [1.54, 1.807) is 0 Å². The largest absolute Gasteiger partial charge is 0.341 e. The molecule has 0 amide bonds. The number of hydrogen-bond donors (Lipinski definition) is 0. The highest BCUT2D eigenvalue weighted by molar-refractivity contribution is 5.88. The van der Waals surface area contributed by atoms with E-state index in [2.05, 4.69) is 223 Å². The number of nitrogens with zero attached hydrogens (tertiary/aromatic N) is 2. The van der Waals surface area contributed by atoms with Crippen LogP contribution in [0.15, 0.2) is 146 Å². The summed E-state index contributed by atoms with van der Waals surface area (Å²) in [4.78, 5) is 5.03. The van der Waals surface area contributed by atoms with Gasteiger partial charge in [0.15, 0.2) is 0 Å². The summed E-state index contributed by atoms with van der Waals surface area (Å²) in [5, 5.41) is 0. The fourth-order valence-electron chi connectivity index (χ4n) is 11.5. The quantitative estimate of drug-likeness (QED) is 0.160. The smallest absolute Gasteiger partial charge is 0.0448 e. The molecule has 0 bridgehead atoms. The molecule has 0 fully saturated rings. The van der Waals surface area contributed by atoms with Gasteiger partial charge in [0, 0.05) is 46.7 Å². The summed E-state index contributed by atoms with van der Waals surface area (Å²) in [7, 11) is 0. The first kappa shape index (κ1) is 38.8. The summed E-state index contributed by atoms with van der Waals surface area (Å²) < 4.78 is 0. The van der Waals surface area contributed by atoms with Gasteiger partial charge < -0.3 is 9.80 Å². The maximum Gasteiger partial charge on any atom is 0.0448 e. The lowest BCUT2D eigenvalue weighted by molar-refractivity contribution is 0.467. The topological polar surface area (TPSA) is 6.48 Å². The van der Waals surface area contributed by atoms with Gasteiger partial charge in [0.1, 0.15) is 0 Å². The summed E-state index contributed by atoms with van der Waals surface area (Å²) in [6, 6.07) is 55.6. The molecular formula is C60H58N2. The van der Waals surface area contributed by atoms with Gasteiger partial charge in [-0.2, -0.15) is 0 Å². The van der Waals surface area contributed by atoms with Gasteiger partial charge in [-0.3, -0.25) is 0 Å². The third-order valence-corrected chi connectivity index (χ3v) is 15.4. The third kappa shape index (κ3) is 5.97. The van der Waals surface area contributed by atoms with Crippen molar-refractivity contribution in [2.45, 2.75) is 89.9 Å². The Bertz CT molecular complexity index is 2970. The second-order valence-corrected chi connectivity index (χ2v) is 20.8. The lowest BCUT2D eigenvalue weighted by Gasteiger charge is -2.40. The van der Waals surface area contributed by atoms with Crippen LogP contribution in [0.25, 0.3) is 45.5 Å². The van der Waals surface area contributed by atoms with Crippen molar-refractivity contribution in [2.75, 3.05) is 22.9 Å². The molecular weight excluding hydrogens is 749 g/mol. The Morgan fingerprint density at radius 2 is 0.774 bits per heavy atom. The van der Waals surface area contributed by atoms with E-state index in [0.29, 0.717) is 0 Å². The molecule has 0 spiro atoms. The lowest BCUT2D eigenvalue weighted by Crippen LogP contribution is -2.34. The van der Waals surface area contributed by atoms with E-state index in [9.17, 15) is 0 Å². The van der Waals surface area contributed by atoms with E-state index in [-0.39, 0.29) is 21.7 Å². The number of rotatable bonds is 5. The van der Waals surface area contributed by atoms with Crippen LogP contribution in [0.4, 0.5) is 22.7 Å². The van der Waals surface area contributed by atoms with E-state index in [0.717, 1.165) is 25.9 Å². The van der Waals surface area contributed by atoms with Crippen molar-refractivity contribution >= 4 is 34.9 Å². The molecule has 0 saturated carbocycles.